The van der Waals surface area contributed by atoms with Gasteiger partial charge >= 0.3 is 6.29 Å². The van der Waals surface area contributed by atoms with E-state index in [-0.39, 0.29) is 17.1 Å². The molecule has 0 fully saturated rings. The third-order valence-electron chi connectivity index (χ3n) is 2.02. The summed E-state index contributed by atoms with van der Waals surface area (Å²) in [4.78, 5) is 0. The lowest BCUT2D eigenvalue weighted by atomic mass is 10.1. The van der Waals surface area contributed by atoms with Crippen LogP contribution in [-0.4, -0.2) is 13.0 Å². The van der Waals surface area contributed by atoms with E-state index >= 15 is 0 Å². The minimum Gasteiger partial charge on any atom is -0.395 e. The Morgan fingerprint density at radius 3 is 2.73 bits per heavy atom. The Kier molecular flexibility index (Phi) is 2.22. The summed E-state index contributed by atoms with van der Waals surface area (Å²) in [5, 5.41) is 0. The van der Waals surface area contributed by atoms with Crippen LogP contribution < -0.4 is 15.2 Å². The molecule has 0 unspecified atom stereocenters. The fraction of sp³-hybridized carbons (Fsp3) is 0.333. The van der Waals surface area contributed by atoms with Crippen molar-refractivity contribution in [1.82, 2.24) is 0 Å². The minimum atomic E-state index is -3.70. The summed E-state index contributed by atoms with van der Waals surface area (Å²) in [6, 6.07) is 3.20. The van der Waals surface area contributed by atoms with E-state index in [1.54, 1.807) is 0 Å². The predicted octanol–water partition coefficient (Wildman–Crippen LogP) is 1.98. The van der Waals surface area contributed by atoms with E-state index in [2.05, 4.69) is 9.47 Å². The van der Waals surface area contributed by atoms with Crippen LogP contribution in [0.3, 0.4) is 0 Å². The number of ether oxygens (including phenoxy) is 2. The van der Waals surface area contributed by atoms with Gasteiger partial charge in [0.25, 0.3) is 0 Å². The first-order chi connectivity index (χ1) is 7.03. The van der Waals surface area contributed by atoms with Gasteiger partial charge in [0.15, 0.2) is 11.5 Å². The number of hydrogen-bond donors (Lipinski definition) is 1. The summed E-state index contributed by atoms with van der Waals surface area (Å²) in [5.74, 6) is -0.311. The number of rotatable bonds is 2. The van der Waals surface area contributed by atoms with E-state index in [4.69, 9.17) is 5.73 Å². The largest absolute Gasteiger partial charge is 0.586 e. The smallest absolute Gasteiger partial charge is 0.395 e. The molecule has 0 radical (unpaired) electrons. The molecule has 0 bridgehead atoms. The van der Waals surface area contributed by atoms with E-state index in [0.717, 1.165) is 0 Å². The lowest BCUT2D eigenvalue weighted by Crippen LogP contribution is -2.26. The zero-order valence-electron chi connectivity index (χ0n) is 7.54. The highest BCUT2D eigenvalue weighted by molar-refractivity contribution is 5.50. The first-order valence-corrected chi connectivity index (χ1v) is 4.24. The first-order valence-electron chi connectivity index (χ1n) is 4.24. The summed E-state index contributed by atoms with van der Waals surface area (Å²) >= 11 is 0. The van der Waals surface area contributed by atoms with Crippen molar-refractivity contribution in [2.24, 2.45) is 5.73 Å². The fourth-order valence-corrected chi connectivity index (χ4v) is 1.37. The Morgan fingerprint density at radius 2 is 2.07 bits per heavy atom. The van der Waals surface area contributed by atoms with Crippen molar-refractivity contribution in [1.29, 1.82) is 0 Å². The Bertz CT molecular complexity index is 384. The highest BCUT2D eigenvalue weighted by atomic mass is 19.3. The Balaban J connectivity index is 2.41. The monoisotopic (exact) mass is 219 g/mol. The molecular weight excluding hydrogens is 211 g/mol. The third-order valence-corrected chi connectivity index (χ3v) is 2.02. The molecule has 3 nitrogen and oxygen atoms in total. The summed E-state index contributed by atoms with van der Waals surface area (Å²) < 4.78 is 46.2. The molecule has 2 N–H and O–H groups in total. The second-order valence-corrected chi connectivity index (χ2v) is 3.10. The minimum absolute atomic E-state index is 0.124. The number of benzene rings is 1. The van der Waals surface area contributed by atoms with E-state index in [1.807, 2.05) is 0 Å². The molecule has 1 aliphatic heterocycles. The van der Waals surface area contributed by atoms with Gasteiger partial charge in [-0.1, -0.05) is 12.1 Å². The molecule has 1 aromatic carbocycles. The van der Waals surface area contributed by atoms with Crippen LogP contribution in [0.2, 0.25) is 0 Å². The summed E-state index contributed by atoms with van der Waals surface area (Å²) in [6.07, 6.45) is -3.70. The molecule has 15 heavy (non-hydrogen) atoms. The molecule has 1 aliphatic rings. The molecule has 0 saturated heterocycles. The lowest BCUT2D eigenvalue weighted by Gasteiger charge is -2.10. The van der Waals surface area contributed by atoms with Crippen LogP contribution in [0, 0.1) is 0 Å². The molecule has 6 heteroatoms. The molecule has 82 valence electrons. The number of hydrogen-bond acceptors (Lipinski definition) is 3. The molecule has 0 aromatic heterocycles. The molecule has 0 aliphatic carbocycles. The maximum atomic E-state index is 12.7. The van der Waals surface area contributed by atoms with Gasteiger partial charge in [-0.15, -0.1) is 8.78 Å². The van der Waals surface area contributed by atoms with Gasteiger partial charge in [0, 0.05) is 5.56 Å². The van der Waals surface area contributed by atoms with Crippen LogP contribution in [0.25, 0.3) is 0 Å². The zero-order chi connectivity index (χ0) is 11.1. The third kappa shape index (κ3) is 1.72. The zero-order valence-corrected chi connectivity index (χ0v) is 7.54. The van der Waals surface area contributed by atoms with Crippen molar-refractivity contribution >= 4 is 0 Å². The van der Waals surface area contributed by atoms with Crippen LogP contribution in [0.4, 0.5) is 13.2 Å². The number of alkyl halides is 3. The van der Waals surface area contributed by atoms with Crippen LogP contribution in [-0.2, 0) is 0 Å². The fourth-order valence-electron chi connectivity index (χ4n) is 1.37. The Labute approximate surface area is 83.6 Å². The lowest BCUT2D eigenvalue weighted by molar-refractivity contribution is -0.287. The average molecular weight is 219 g/mol. The van der Waals surface area contributed by atoms with Gasteiger partial charge in [0.2, 0.25) is 0 Å². The standard InChI is InChI=1S/C9H8F3NO2/c10-4-6(13)5-2-1-3-7-8(5)15-9(11,12)14-7/h1-3,6H,4,13H2/t6-/m0/s1. The number of halogens is 3. The van der Waals surface area contributed by atoms with Crippen molar-refractivity contribution in [3.8, 4) is 11.5 Å². The number of fused-ring (bicyclic) bond motifs is 1. The van der Waals surface area contributed by atoms with E-state index < -0.39 is 19.0 Å². The second kappa shape index (κ2) is 3.30. The van der Waals surface area contributed by atoms with Gasteiger partial charge in [-0.05, 0) is 6.07 Å². The molecular formula is C9H8F3NO2. The average Bonchev–Trinajstić information content (AvgIpc) is 2.49. The summed E-state index contributed by atoms with van der Waals surface area (Å²) in [7, 11) is 0. The van der Waals surface area contributed by atoms with Crippen molar-refractivity contribution in [2.75, 3.05) is 6.67 Å². The van der Waals surface area contributed by atoms with Gasteiger partial charge in [-0.3, -0.25) is 0 Å². The maximum absolute atomic E-state index is 12.7. The normalized spacial score (nSPS) is 18.9. The molecule has 1 aromatic rings. The number of nitrogens with two attached hydrogens (primary N) is 1. The Hall–Kier alpha value is -1.43. The molecule has 0 spiro atoms. The topological polar surface area (TPSA) is 44.5 Å². The van der Waals surface area contributed by atoms with E-state index in [9.17, 15) is 13.2 Å². The van der Waals surface area contributed by atoms with Gasteiger partial charge < -0.3 is 15.2 Å². The summed E-state index contributed by atoms with van der Waals surface area (Å²) in [6.45, 7) is -0.856. The quantitative estimate of drug-likeness (QED) is 0.827. The highest BCUT2D eigenvalue weighted by Crippen LogP contribution is 2.44. The van der Waals surface area contributed by atoms with Crippen LogP contribution in [0.15, 0.2) is 18.2 Å². The van der Waals surface area contributed by atoms with Gasteiger partial charge in [-0.2, -0.15) is 0 Å². The molecule has 0 amide bonds. The van der Waals surface area contributed by atoms with Gasteiger partial charge in [-0.25, -0.2) is 4.39 Å². The van der Waals surface area contributed by atoms with Crippen LogP contribution >= 0.6 is 0 Å². The predicted molar refractivity (Wildman–Crippen MR) is 45.5 cm³/mol. The number of para-hydroxylation sites is 1. The van der Waals surface area contributed by atoms with E-state index in [0.29, 0.717) is 0 Å². The second-order valence-electron chi connectivity index (χ2n) is 3.10. The van der Waals surface area contributed by atoms with Crippen LogP contribution in [0.1, 0.15) is 11.6 Å². The molecule has 1 heterocycles. The van der Waals surface area contributed by atoms with Crippen molar-refractivity contribution in [3.63, 3.8) is 0 Å². The first kappa shape index (κ1) is 10.1. The summed E-state index contributed by atoms with van der Waals surface area (Å²) in [5.41, 5.74) is 5.57. The van der Waals surface area contributed by atoms with Crippen molar-refractivity contribution in [3.05, 3.63) is 23.8 Å². The van der Waals surface area contributed by atoms with Crippen LogP contribution in [0.5, 0.6) is 11.5 Å². The van der Waals surface area contributed by atoms with Crippen molar-refractivity contribution < 1.29 is 22.6 Å². The molecule has 0 saturated carbocycles. The SMILES string of the molecule is N[C@@H](CF)c1cccc2c1OC(F)(F)O2. The van der Waals surface area contributed by atoms with Gasteiger partial charge in [0.1, 0.15) is 6.67 Å². The van der Waals surface area contributed by atoms with Crippen molar-refractivity contribution in [2.45, 2.75) is 12.3 Å². The molecule has 2 rings (SSSR count). The van der Waals surface area contributed by atoms with Gasteiger partial charge in [0.05, 0.1) is 6.04 Å². The maximum Gasteiger partial charge on any atom is 0.586 e. The molecule has 1 atom stereocenters. The van der Waals surface area contributed by atoms with E-state index in [1.165, 1.54) is 18.2 Å². The highest BCUT2D eigenvalue weighted by Gasteiger charge is 2.44. The Morgan fingerprint density at radius 1 is 1.33 bits per heavy atom.